The van der Waals surface area contributed by atoms with E-state index in [1.54, 1.807) is 0 Å². The number of nitrogens with zero attached hydrogens (tertiary/aromatic N) is 2. The second kappa shape index (κ2) is 6.79. The largest absolute Gasteiger partial charge is 0.353 e. The van der Waals surface area contributed by atoms with Gasteiger partial charge in [0.05, 0.1) is 12.2 Å². The average Bonchev–Trinajstić information content (AvgIpc) is 2.98. The molecule has 0 spiro atoms. The topological polar surface area (TPSA) is 96.0 Å². The SMILES string of the molecule is O=C(NCCNC(=O)C1CCCN1)c1cnccn1. The molecule has 1 aliphatic heterocycles. The zero-order valence-electron chi connectivity index (χ0n) is 10.6. The van der Waals surface area contributed by atoms with E-state index in [0.717, 1.165) is 19.4 Å². The van der Waals surface area contributed by atoms with Crippen molar-refractivity contribution in [3.05, 3.63) is 24.3 Å². The van der Waals surface area contributed by atoms with Gasteiger partial charge in [-0.1, -0.05) is 0 Å². The van der Waals surface area contributed by atoms with E-state index in [9.17, 15) is 9.59 Å². The first-order chi connectivity index (χ1) is 9.27. The van der Waals surface area contributed by atoms with Crippen molar-refractivity contribution in [3.8, 4) is 0 Å². The average molecular weight is 263 g/mol. The third kappa shape index (κ3) is 3.99. The van der Waals surface area contributed by atoms with Gasteiger partial charge >= 0.3 is 0 Å². The fourth-order valence-corrected chi connectivity index (χ4v) is 1.90. The second-order valence-corrected chi connectivity index (χ2v) is 4.29. The zero-order valence-corrected chi connectivity index (χ0v) is 10.6. The molecule has 1 unspecified atom stereocenters. The number of carbonyl (C=O) groups is 2. The minimum atomic E-state index is -0.290. The molecule has 3 N–H and O–H groups in total. The molecule has 7 nitrogen and oxygen atoms in total. The second-order valence-electron chi connectivity index (χ2n) is 4.29. The molecule has 19 heavy (non-hydrogen) atoms. The molecule has 2 rings (SSSR count). The van der Waals surface area contributed by atoms with Crippen LogP contribution in [0.5, 0.6) is 0 Å². The van der Waals surface area contributed by atoms with E-state index in [-0.39, 0.29) is 23.6 Å². The predicted octanol–water partition coefficient (Wildman–Crippen LogP) is -0.925. The number of hydrogen-bond acceptors (Lipinski definition) is 5. The van der Waals surface area contributed by atoms with Crippen LogP contribution in [0.15, 0.2) is 18.6 Å². The standard InChI is InChI=1S/C12H17N5O2/c18-11(9-2-1-3-14-9)16-6-7-17-12(19)10-8-13-4-5-15-10/h4-5,8-9,14H,1-3,6-7H2,(H,16,18)(H,17,19). The Kier molecular flexibility index (Phi) is 4.79. The van der Waals surface area contributed by atoms with Crippen LogP contribution in [0, 0.1) is 0 Å². The van der Waals surface area contributed by atoms with Gasteiger partial charge in [-0.05, 0) is 19.4 Å². The van der Waals surface area contributed by atoms with Crippen LogP contribution >= 0.6 is 0 Å². The molecule has 1 fully saturated rings. The molecule has 1 aromatic heterocycles. The highest BCUT2D eigenvalue weighted by Crippen LogP contribution is 2.03. The summed E-state index contributed by atoms with van der Waals surface area (Å²) in [6, 6.07) is -0.0873. The highest BCUT2D eigenvalue weighted by Gasteiger charge is 2.21. The smallest absolute Gasteiger partial charge is 0.271 e. The Labute approximate surface area is 111 Å². The van der Waals surface area contributed by atoms with Gasteiger partial charge in [0.1, 0.15) is 5.69 Å². The van der Waals surface area contributed by atoms with Crippen LogP contribution in [0.3, 0.4) is 0 Å². The van der Waals surface area contributed by atoms with Crippen molar-refractivity contribution in [2.75, 3.05) is 19.6 Å². The van der Waals surface area contributed by atoms with Gasteiger partial charge in [0.15, 0.2) is 0 Å². The van der Waals surface area contributed by atoms with E-state index in [2.05, 4.69) is 25.9 Å². The van der Waals surface area contributed by atoms with Gasteiger partial charge in [0.2, 0.25) is 5.91 Å². The maximum absolute atomic E-state index is 11.7. The van der Waals surface area contributed by atoms with Crippen molar-refractivity contribution in [2.45, 2.75) is 18.9 Å². The highest BCUT2D eigenvalue weighted by molar-refractivity contribution is 5.91. The highest BCUT2D eigenvalue weighted by atomic mass is 16.2. The molecule has 1 atom stereocenters. The fraction of sp³-hybridized carbons (Fsp3) is 0.500. The molecule has 2 amide bonds. The summed E-state index contributed by atoms with van der Waals surface area (Å²) in [4.78, 5) is 31.0. The number of nitrogens with one attached hydrogen (secondary N) is 3. The minimum absolute atomic E-state index is 0.00810. The maximum Gasteiger partial charge on any atom is 0.271 e. The van der Waals surface area contributed by atoms with E-state index >= 15 is 0 Å². The Bertz CT molecular complexity index is 431. The van der Waals surface area contributed by atoms with Crippen molar-refractivity contribution in [2.24, 2.45) is 0 Å². The van der Waals surface area contributed by atoms with E-state index < -0.39 is 0 Å². The molecule has 7 heteroatoms. The number of carbonyl (C=O) groups excluding carboxylic acids is 2. The summed E-state index contributed by atoms with van der Waals surface area (Å²) in [5.74, 6) is -0.299. The third-order valence-electron chi connectivity index (χ3n) is 2.88. The van der Waals surface area contributed by atoms with E-state index in [0.29, 0.717) is 13.1 Å². The Morgan fingerprint density at radius 2 is 2.16 bits per heavy atom. The molecular formula is C12H17N5O2. The van der Waals surface area contributed by atoms with E-state index in [1.807, 2.05) is 0 Å². The summed E-state index contributed by atoms with van der Waals surface area (Å²) in [5, 5.41) is 8.56. The molecule has 1 aromatic rings. The number of amides is 2. The monoisotopic (exact) mass is 263 g/mol. The number of hydrogen-bond donors (Lipinski definition) is 3. The molecule has 0 aliphatic carbocycles. The molecule has 0 bridgehead atoms. The van der Waals surface area contributed by atoms with Crippen LogP contribution in [0.25, 0.3) is 0 Å². The van der Waals surface area contributed by atoms with Crippen LogP contribution in [-0.4, -0.2) is 47.5 Å². The van der Waals surface area contributed by atoms with Crippen LogP contribution < -0.4 is 16.0 Å². The van der Waals surface area contributed by atoms with Gasteiger partial charge < -0.3 is 16.0 Å². The first kappa shape index (κ1) is 13.4. The summed E-state index contributed by atoms with van der Waals surface area (Å²) < 4.78 is 0. The van der Waals surface area contributed by atoms with Crippen LogP contribution in [0.4, 0.5) is 0 Å². The minimum Gasteiger partial charge on any atom is -0.353 e. The molecule has 1 aliphatic rings. The zero-order chi connectivity index (χ0) is 13.5. The van der Waals surface area contributed by atoms with Crippen LogP contribution in [0.2, 0.25) is 0 Å². The van der Waals surface area contributed by atoms with E-state index in [4.69, 9.17) is 0 Å². The molecule has 1 saturated heterocycles. The normalized spacial score (nSPS) is 18.0. The lowest BCUT2D eigenvalue weighted by atomic mass is 10.2. The third-order valence-corrected chi connectivity index (χ3v) is 2.88. The van der Waals surface area contributed by atoms with E-state index in [1.165, 1.54) is 18.6 Å². The van der Waals surface area contributed by atoms with Crippen molar-refractivity contribution >= 4 is 11.8 Å². The summed E-state index contributed by atoms with van der Waals surface area (Å²) in [5.41, 5.74) is 0.270. The molecular weight excluding hydrogens is 246 g/mol. The lowest BCUT2D eigenvalue weighted by Gasteiger charge is -2.11. The van der Waals surface area contributed by atoms with Crippen LogP contribution in [-0.2, 0) is 4.79 Å². The Morgan fingerprint density at radius 3 is 2.84 bits per heavy atom. The van der Waals surface area contributed by atoms with Gasteiger partial charge in [-0.3, -0.25) is 14.6 Å². The predicted molar refractivity (Wildman–Crippen MR) is 68.4 cm³/mol. The van der Waals surface area contributed by atoms with Gasteiger partial charge in [-0.15, -0.1) is 0 Å². The van der Waals surface area contributed by atoms with Gasteiger partial charge in [-0.2, -0.15) is 0 Å². The first-order valence-corrected chi connectivity index (χ1v) is 6.32. The molecule has 102 valence electrons. The molecule has 0 saturated carbocycles. The number of aromatic nitrogens is 2. The van der Waals surface area contributed by atoms with Crippen molar-refractivity contribution in [1.82, 2.24) is 25.9 Å². The first-order valence-electron chi connectivity index (χ1n) is 6.32. The summed E-state index contributed by atoms with van der Waals surface area (Å²) in [6.45, 7) is 1.67. The number of rotatable bonds is 5. The molecule has 2 heterocycles. The van der Waals surface area contributed by atoms with Gasteiger partial charge in [-0.25, -0.2) is 4.98 Å². The molecule has 0 aromatic carbocycles. The van der Waals surface area contributed by atoms with Crippen molar-refractivity contribution in [3.63, 3.8) is 0 Å². The Morgan fingerprint density at radius 1 is 1.32 bits per heavy atom. The maximum atomic E-state index is 11.7. The van der Waals surface area contributed by atoms with Crippen molar-refractivity contribution in [1.29, 1.82) is 0 Å². The van der Waals surface area contributed by atoms with Gasteiger partial charge in [0, 0.05) is 25.5 Å². The lowest BCUT2D eigenvalue weighted by Crippen LogP contribution is -2.43. The lowest BCUT2D eigenvalue weighted by molar-refractivity contribution is -0.122. The Balaban J connectivity index is 1.64. The fourth-order valence-electron chi connectivity index (χ4n) is 1.90. The summed E-state index contributed by atoms with van der Waals surface area (Å²) in [6.07, 6.45) is 6.27. The summed E-state index contributed by atoms with van der Waals surface area (Å²) >= 11 is 0. The quantitative estimate of drug-likeness (QED) is 0.597. The van der Waals surface area contributed by atoms with Crippen molar-refractivity contribution < 1.29 is 9.59 Å². The summed E-state index contributed by atoms with van der Waals surface area (Å²) in [7, 11) is 0. The van der Waals surface area contributed by atoms with Gasteiger partial charge in [0.25, 0.3) is 5.91 Å². The van der Waals surface area contributed by atoms with Crippen LogP contribution in [0.1, 0.15) is 23.3 Å². The molecule has 0 radical (unpaired) electrons. The Hall–Kier alpha value is -2.02.